The largest absolute Gasteiger partial charge is 0.379 e. The third-order valence-electron chi connectivity index (χ3n) is 3.17. The van der Waals surface area contributed by atoms with E-state index >= 15 is 0 Å². The van der Waals surface area contributed by atoms with Crippen LogP contribution in [0.4, 0.5) is 5.82 Å². The summed E-state index contributed by atoms with van der Waals surface area (Å²) in [5, 5.41) is 6.00. The number of rotatable bonds is 5. The fourth-order valence-electron chi connectivity index (χ4n) is 2.15. The average Bonchev–Trinajstić information content (AvgIpc) is 2.91. The van der Waals surface area contributed by atoms with Gasteiger partial charge >= 0.3 is 0 Å². The van der Waals surface area contributed by atoms with Gasteiger partial charge < -0.3 is 15.4 Å². The maximum atomic E-state index is 12.2. The van der Waals surface area contributed by atoms with Gasteiger partial charge in [-0.1, -0.05) is 13.3 Å². The molecule has 2 rings (SSSR count). The van der Waals surface area contributed by atoms with E-state index in [0.29, 0.717) is 12.2 Å². The minimum Gasteiger partial charge on any atom is -0.379 e. The summed E-state index contributed by atoms with van der Waals surface area (Å²) in [5.74, 6) is 0.686. The Balaban J connectivity index is 2.12. The first-order chi connectivity index (χ1) is 9.22. The number of aromatic nitrogens is 1. The maximum absolute atomic E-state index is 12.2. The van der Waals surface area contributed by atoms with Crippen molar-refractivity contribution in [3.63, 3.8) is 0 Å². The second-order valence-electron chi connectivity index (χ2n) is 4.77. The molecule has 0 spiro atoms. The summed E-state index contributed by atoms with van der Waals surface area (Å²) in [6.07, 6.45) is 2.78. The molecule has 0 saturated carbocycles. The number of pyridine rings is 1. The van der Waals surface area contributed by atoms with Crippen LogP contribution >= 0.6 is 0 Å². The molecule has 1 aromatic heterocycles. The topological polar surface area (TPSA) is 63.2 Å². The van der Waals surface area contributed by atoms with Crippen molar-refractivity contribution in [2.75, 3.05) is 25.6 Å². The van der Waals surface area contributed by atoms with E-state index in [0.717, 1.165) is 37.4 Å². The van der Waals surface area contributed by atoms with Gasteiger partial charge in [0.1, 0.15) is 5.82 Å². The van der Waals surface area contributed by atoms with E-state index in [-0.39, 0.29) is 11.9 Å². The van der Waals surface area contributed by atoms with Crippen LogP contribution in [0.3, 0.4) is 0 Å². The lowest BCUT2D eigenvalue weighted by Gasteiger charge is -2.12. The lowest BCUT2D eigenvalue weighted by Crippen LogP contribution is -2.35. The lowest BCUT2D eigenvalue weighted by molar-refractivity contribution is 0.0929. The Bertz CT molecular complexity index is 442. The van der Waals surface area contributed by atoms with Crippen LogP contribution in [-0.2, 0) is 11.2 Å². The highest BCUT2D eigenvalue weighted by Crippen LogP contribution is 2.13. The molecule has 5 heteroatoms. The first-order valence-electron chi connectivity index (χ1n) is 6.80. The zero-order valence-electron chi connectivity index (χ0n) is 11.5. The summed E-state index contributed by atoms with van der Waals surface area (Å²) >= 11 is 0. The second-order valence-corrected chi connectivity index (χ2v) is 4.77. The van der Waals surface area contributed by atoms with Crippen LogP contribution in [0.15, 0.2) is 12.1 Å². The summed E-state index contributed by atoms with van der Waals surface area (Å²) < 4.78 is 5.26. The standard InChI is InChI=1S/C14H21N3O2/c1-3-4-11-7-10(8-13(15-2)16-11)14(18)17-12-5-6-19-9-12/h7-8,12H,3-6,9H2,1-2H3,(H,15,16)(H,17,18). The molecule has 1 unspecified atom stereocenters. The molecule has 104 valence electrons. The van der Waals surface area contributed by atoms with Crippen LogP contribution in [-0.4, -0.2) is 37.2 Å². The molecule has 1 aliphatic rings. The van der Waals surface area contributed by atoms with Crippen molar-refractivity contribution in [1.82, 2.24) is 10.3 Å². The zero-order chi connectivity index (χ0) is 13.7. The SMILES string of the molecule is CCCc1cc(C(=O)NC2CCOC2)cc(NC)n1. The third kappa shape index (κ3) is 3.67. The maximum Gasteiger partial charge on any atom is 0.251 e. The van der Waals surface area contributed by atoms with E-state index in [1.54, 1.807) is 6.07 Å². The van der Waals surface area contributed by atoms with Crippen LogP contribution in [0.1, 0.15) is 35.8 Å². The predicted molar refractivity (Wildman–Crippen MR) is 74.5 cm³/mol. The highest BCUT2D eigenvalue weighted by molar-refractivity contribution is 5.95. The van der Waals surface area contributed by atoms with Crippen molar-refractivity contribution in [2.45, 2.75) is 32.2 Å². The molecule has 1 saturated heterocycles. The van der Waals surface area contributed by atoms with E-state index in [4.69, 9.17) is 4.74 Å². The van der Waals surface area contributed by atoms with Crippen molar-refractivity contribution in [3.05, 3.63) is 23.4 Å². The zero-order valence-corrected chi connectivity index (χ0v) is 11.5. The summed E-state index contributed by atoms with van der Waals surface area (Å²) in [6, 6.07) is 3.79. The smallest absolute Gasteiger partial charge is 0.251 e. The van der Waals surface area contributed by atoms with E-state index < -0.39 is 0 Å². The van der Waals surface area contributed by atoms with Crippen molar-refractivity contribution in [1.29, 1.82) is 0 Å². The molecule has 0 bridgehead atoms. The molecule has 0 radical (unpaired) electrons. The number of nitrogens with zero attached hydrogens (tertiary/aromatic N) is 1. The minimum absolute atomic E-state index is 0.0493. The van der Waals surface area contributed by atoms with Gasteiger partial charge in [0, 0.05) is 24.9 Å². The third-order valence-corrected chi connectivity index (χ3v) is 3.17. The molecular weight excluding hydrogens is 242 g/mol. The monoisotopic (exact) mass is 263 g/mol. The molecule has 2 N–H and O–H groups in total. The van der Waals surface area contributed by atoms with Gasteiger partial charge in [0.05, 0.1) is 12.6 Å². The van der Waals surface area contributed by atoms with Crippen LogP contribution in [0.25, 0.3) is 0 Å². The number of hydrogen-bond acceptors (Lipinski definition) is 4. The summed E-state index contributed by atoms with van der Waals surface area (Å²) in [4.78, 5) is 16.6. The van der Waals surface area contributed by atoms with Crippen LogP contribution in [0, 0.1) is 0 Å². The first-order valence-corrected chi connectivity index (χ1v) is 6.80. The van der Waals surface area contributed by atoms with Gasteiger partial charge in [-0.15, -0.1) is 0 Å². The van der Waals surface area contributed by atoms with Crippen molar-refractivity contribution < 1.29 is 9.53 Å². The van der Waals surface area contributed by atoms with Crippen LogP contribution in [0.5, 0.6) is 0 Å². The number of anilines is 1. The van der Waals surface area contributed by atoms with E-state index in [9.17, 15) is 4.79 Å². The van der Waals surface area contributed by atoms with Crippen molar-refractivity contribution >= 4 is 11.7 Å². The molecule has 19 heavy (non-hydrogen) atoms. The molecular formula is C14H21N3O2. The fourth-order valence-corrected chi connectivity index (χ4v) is 2.15. The van der Waals surface area contributed by atoms with E-state index in [2.05, 4.69) is 22.5 Å². The van der Waals surface area contributed by atoms with Crippen molar-refractivity contribution in [3.8, 4) is 0 Å². The summed E-state index contributed by atoms with van der Waals surface area (Å²) in [6.45, 7) is 3.44. The number of amides is 1. The first kappa shape index (κ1) is 13.8. The normalized spacial score (nSPS) is 18.3. The number of carbonyl (C=O) groups excluding carboxylic acids is 1. The Kier molecular flexibility index (Phi) is 4.74. The van der Waals surface area contributed by atoms with E-state index in [1.165, 1.54) is 0 Å². The molecule has 1 atom stereocenters. The lowest BCUT2D eigenvalue weighted by atomic mass is 10.1. The number of carbonyl (C=O) groups is 1. The Labute approximate surface area is 113 Å². The highest BCUT2D eigenvalue weighted by atomic mass is 16.5. The Morgan fingerprint density at radius 3 is 3.00 bits per heavy atom. The molecule has 1 fully saturated rings. The van der Waals surface area contributed by atoms with E-state index in [1.807, 2.05) is 13.1 Å². The molecule has 0 aromatic carbocycles. The van der Waals surface area contributed by atoms with Crippen LogP contribution in [0.2, 0.25) is 0 Å². The summed E-state index contributed by atoms with van der Waals surface area (Å²) in [5.41, 5.74) is 1.61. The second kappa shape index (κ2) is 6.52. The number of ether oxygens (including phenoxy) is 1. The van der Waals surface area contributed by atoms with Gasteiger partial charge in [0.2, 0.25) is 0 Å². The Morgan fingerprint density at radius 1 is 1.53 bits per heavy atom. The molecule has 1 aliphatic heterocycles. The van der Waals surface area contributed by atoms with Gasteiger partial charge in [-0.2, -0.15) is 0 Å². The summed E-state index contributed by atoms with van der Waals surface area (Å²) in [7, 11) is 1.81. The van der Waals surface area contributed by atoms with Gasteiger partial charge in [0.25, 0.3) is 5.91 Å². The van der Waals surface area contributed by atoms with Gasteiger partial charge in [0.15, 0.2) is 0 Å². The Hall–Kier alpha value is -1.62. The quantitative estimate of drug-likeness (QED) is 0.847. The molecule has 2 heterocycles. The fraction of sp³-hybridized carbons (Fsp3) is 0.571. The van der Waals surface area contributed by atoms with Gasteiger partial charge in [-0.3, -0.25) is 4.79 Å². The predicted octanol–water partition coefficient (Wildman–Crippen LogP) is 1.59. The number of hydrogen-bond donors (Lipinski definition) is 2. The van der Waals surface area contributed by atoms with Crippen LogP contribution < -0.4 is 10.6 Å². The molecule has 1 amide bonds. The average molecular weight is 263 g/mol. The van der Waals surface area contributed by atoms with Gasteiger partial charge in [-0.25, -0.2) is 4.98 Å². The van der Waals surface area contributed by atoms with Gasteiger partial charge in [-0.05, 0) is 25.0 Å². The highest BCUT2D eigenvalue weighted by Gasteiger charge is 2.19. The molecule has 5 nitrogen and oxygen atoms in total. The minimum atomic E-state index is -0.0493. The van der Waals surface area contributed by atoms with Crippen molar-refractivity contribution in [2.24, 2.45) is 0 Å². The molecule has 0 aliphatic carbocycles. The molecule has 1 aromatic rings. The number of nitrogens with one attached hydrogen (secondary N) is 2. The number of aryl methyl sites for hydroxylation is 1. The Morgan fingerprint density at radius 2 is 2.37 bits per heavy atom.